The average Bonchev–Trinajstić information content (AvgIpc) is 2.37. The summed E-state index contributed by atoms with van der Waals surface area (Å²) < 4.78 is 10.1. The van der Waals surface area contributed by atoms with E-state index in [0.29, 0.717) is 5.88 Å². The maximum Gasteiger partial charge on any atom is 0.212 e. The normalized spacial score (nSPS) is 11.6. The maximum atomic E-state index is 5.12. The summed E-state index contributed by atoms with van der Waals surface area (Å²) >= 11 is 0. The summed E-state index contributed by atoms with van der Waals surface area (Å²) in [7, 11) is 3.37. The fraction of sp³-hybridized carbons (Fsp3) is 0.643. The SMILES string of the molecule is COCCC(C)(C)CNCc1ccc(OC)nc1. The number of hydrogen-bond donors (Lipinski definition) is 1. The Balaban J connectivity index is 2.31. The molecule has 0 aromatic carbocycles. The standard InChI is InChI=1S/C14H24N2O2/c1-14(2,7-8-17-3)11-15-9-12-5-6-13(18-4)16-10-12/h5-6,10,15H,7-9,11H2,1-4H3. The lowest BCUT2D eigenvalue weighted by Crippen LogP contribution is -2.30. The molecule has 1 heterocycles. The van der Waals surface area contributed by atoms with Gasteiger partial charge in [0.2, 0.25) is 5.88 Å². The van der Waals surface area contributed by atoms with E-state index in [1.54, 1.807) is 14.2 Å². The van der Waals surface area contributed by atoms with Crippen LogP contribution in [0.3, 0.4) is 0 Å². The van der Waals surface area contributed by atoms with Gasteiger partial charge in [0.05, 0.1) is 7.11 Å². The Morgan fingerprint density at radius 3 is 2.61 bits per heavy atom. The maximum absolute atomic E-state index is 5.12. The van der Waals surface area contributed by atoms with E-state index in [-0.39, 0.29) is 5.41 Å². The molecule has 102 valence electrons. The monoisotopic (exact) mass is 252 g/mol. The van der Waals surface area contributed by atoms with Crippen molar-refractivity contribution in [1.82, 2.24) is 10.3 Å². The van der Waals surface area contributed by atoms with Gasteiger partial charge in [0.1, 0.15) is 0 Å². The lowest BCUT2D eigenvalue weighted by Gasteiger charge is -2.24. The lowest BCUT2D eigenvalue weighted by atomic mass is 9.89. The van der Waals surface area contributed by atoms with Gasteiger partial charge in [-0.25, -0.2) is 4.98 Å². The summed E-state index contributed by atoms with van der Waals surface area (Å²) in [5.41, 5.74) is 1.41. The molecule has 1 rings (SSSR count). The number of methoxy groups -OCH3 is 2. The van der Waals surface area contributed by atoms with Crippen molar-refractivity contribution in [3.05, 3.63) is 23.9 Å². The summed E-state index contributed by atoms with van der Waals surface area (Å²) in [6.07, 6.45) is 2.89. The van der Waals surface area contributed by atoms with E-state index in [1.807, 2.05) is 18.3 Å². The molecule has 4 nitrogen and oxygen atoms in total. The fourth-order valence-electron chi connectivity index (χ4n) is 1.65. The molecule has 0 unspecified atom stereocenters. The van der Waals surface area contributed by atoms with Crippen molar-refractivity contribution in [2.75, 3.05) is 27.4 Å². The minimum absolute atomic E-state index is 0.246. The number of pyridine rings is 1. The van der Waals surface area contributed by atoms with Gasteiger partial charge < -0.3 is 14.8 Å². The Morgan fingerprint density at radius 2 is 2.06 bits per heavy atom. The highest BCUT2D eigenvalue weighted by atomic mass is 16.5. The second-order valence-corrected chi connectivity index (χ2v) is 5.22. The van der Waals surface area contributed by atoms with Gasteiger partial charge in [0, 0.05) is 39.1 Å². The third-order valence-corrected chi connectivity index (χ3v) is 2.92. The van der Waals surface area contributed by atoms with Crippen molar-refractivity contribution in [3.63, 3.8) is 0 Å². The molecule has 0 aliphatic carbocycles. The van der Waals surface area contributed by atoms with Crippen molar-refractivity contribution in [2.24, 2.45) is 5.41 Å². The van der Waals surface area contributed by atoms with E-state index in [4.69, 9.17) is 9.47 Å². The molecule has 18 heavy (non-hydrogen) atoms. The number of rotatable bonds is 8. The van der Waals surface area contributed by atoms with Crippen LogP contribution in [0.2, 0.25) is 0 Å². The van der Waals surface area contributed by atoms with Crippen LogP contribution in [-0.2, 0) is 11.3 Å². The molecule has 0 amide bonds. The van der Waals surface area contributed by atoms with Crippen LogP contribution in [0.1, 0.15) is 25.8 Å². The molecule has 0 saturated heterocycles. The van der Waals surface area contributed by atoms with Crippen LogP contribution < -0.4 is 10.1 Å². The molecule has 1 aromatic heterocycles. The van der Waals surface area contributed by atoms with Crippen LogP contribution in [-0.4, -0.2) is 32.4 Å². The van der Waals surface area contributed by atoms with Crippen molar-refractivity contribution in [2.45, 2.75) is 26.8 Å². The zero-order valence-corrected chi connectivity index (χ0v) is 11.8. The summed E-state index contributed by atoms with van der Waals surface area (Å²) in [6, 6.07) is 3.91. The zero-order chi connectivity index (χ0) is 13.4. The third-order valence-electron chi connectivity index (χ3n) is 2.92. The van der Waals surface area contributed by atoms with Gasteiger partial charge in [0.25, 0.3) is 0 Å². The predicted octanol–water partition coefficient (Wildman–Crippen LogP) is 2.24. The van der Waals surface area contributed by atoms with E-state index < -0.39 is 0 Å². The largest absolute Gasteiger partial charge is 0.481 e. The van der Waals surface area contributed by atoms with Gasteiger partial charge in [-0.05, 0) is 17.4 Å². The second-order valence-electron chi connectivity index (χ2n) is 5.22. The van der Waals surface area contributed by atoms with Crippen LogP contribution in [0.4, 0.5) is 0 Å². The first-order valence-electron chi connectivity index (χ1n) is 6.26. The Kier molecular flexibility index (Phi) is 6.09. The molecule has 0 bridgehead atoms. The summed E-state index contributed by atoms with van der Waals surface area (Å²) in [4.78, 5) is 4.18. The predicted molar refractivity (Wildman–Crippen MR) is 72.8 cm³/mol. The van der Waals surface area contributed by atoms with Crippen LogP contribution in [0.25, 0.3) is 0 Å². The molecule has 0 aliphatic rings. The van der Waals surface area contributed by atoms with Crippen LogP contribution >= 0.6 is 0 Å². The number of nitrogens with zero attached hydrogens (tertiary/aromatic N) is 1. The molecular formula is C14H24N2O2. The summed E-state index contributed by atoms with van der Waals surface area (Å²) in [6.45, 7) is 7.07. The quantitative estimate of drug-likeness (QED) is 0.770. The van der Waals surface area contributed by atoms with E-state index in [2.05, 4.69) is 24.1 Å². The molecule has 4 heteroatoms. The third kappa shape index (κ3) is 5.47. The van der Waals surface area contributed by atoms with Gasteiger partial charge in [-0.15, -0.1) is 0 Å². The highest BCUT2D eigenvalue weighted by Gasteiger charge is 2.16. The van der Waals surface area contributed by atoms with Gasteiger partial charge in [-0.3, -0.25) is 0 Å². The first-order valence-corrected chi connectivity index (χ1v) is 6.26. The van der Waals surface area contributed by atoms with Gasteiger partial charge in [-0.1, -0.05) is 19.9 Å². The number of aromatic nitrogens is 1. The van der Waals surface area contributed by atoms with Crippen LogP contribution in [0.5, 0.6) is 5.88 Å². The fourth-order valence-corrected chi connectivity index (χ4v) is 1.65. The van der Waals surface area contributed by atoms with Gasteiger partial charge >= 0.3 is 0 Å². The minimum Gasteiger partial charge on any atom is -0.481 e. The molecule has 0 aliphatic heterocycles. The zero-order valence-electron chi connectivity index (χ0n) is 11.8. The van der Waals surface area contributed by atoms with Gasteiger partial charge in [0.15, 0.2) is 0 Å². The topological polar surface area (TPSA) is 43.4 Å². The van der Waals surface area contributed by atoms with Crippen molar-refractivity contribution < 1.29 is 9.47 Å². The first-order chi connectivity index (χ1) is 8.57. The number of ether oxygens (including phenoxy) is 2. The average molecular weight is 252 g/mol. The number of hydrogen-bond acceptors (Lipinski definition) is 4. The Morgan fingerprint density at radius 1 is 1.28 bits per heavy atom. The Labute approximate surface area is 110 Å². The number of nitrogens with one attached hydrogen (secondary N) is 1. The molecule has 0 radical (unpaired) electrons. The van der Waals surface area contributed by atoms with Crippen molar-refractivity contribution >= 4 is 0 Å². The molecule has 0 saturated carbocycles. The van der Waals surface area contributed by atoms with Crippen molar-refractivity contribution in [3.8, 4) is 5.88 Å². The van der Waals surface area contributed by atoms with E-state index >= 15 is 0 Å². The highest BCUT2D eigenvalue weighted by Crippen LogP contribution is 2.18. The van der Waals surface area contributed by atoms with Gasteiger partial charge in [-0.2, -0.15) is 0 Å². The van der Waals surface area contributed by atoms with Crippen LogP contribution in [0, 0.1) is 5.41 Å². The van der Waals surface area contributed by atoms with Crippen molar-refractivity contribution in [1.29, 1.82) is 0 Å². The minimum atomic E-state index is 0.246. The molecule has 0 spiro atoms. The Bertz CT molecular complexity index is 336. The molecule has 0 atom stereocenters. The first kappa shape index (κ1) is 14.9. The van der Waals surface area contributed by atoms with E-state index in [9.17, 15) is 0 Å². The molecular weight excluding hydrogens is 228 g/mol. The molecule has 0 fully saturated rings. The summed E-state index contributed by atoms with van der Waals surface area (Å²) in [5, 5.41) is 3.45. The molecule has 1 N–H and O–H groups in total. The second kappa shape index (κ2) is 7.34. The lowest BCUT2D eigenvalue weighted by molar-refractivity contribution is 0.150. The highest BCUT2D eigenvalue weighted by molar-refractivity contribution is 5.17. The smallest absolute Gasteiger partial charge is 0.212 e. The van der Waals surface area contributed by atoms with E-state index in [1.165, 1.54) is 5.56 Å². The Hall–Kier alpha value is -1.13. The van der Waals surface area contributed by atoms with E-state index in [0.717, 1.165) is 26.1 Å². The van der Waals surface area contributed by atoms with Crippen LogP contribution in [0.15, 0.2) is 18.3 Å². The summed E-state index contributed by atoms with van der Waals surface area (Å²) in [5.74, 6) is 0.652. The molecule has 1 aromatic rings.